The van der Waals surface area contributed by atoms with Crippen LogP contribution in [0, 0.1) is 6.92 Å². The maximum atomic E-state index is 11.0. The van der Waals surface area contributed by atoms with E-state index in [2.05, 4.69) is 0 Å². The van der Waals surface area contributed by atoms with Gasteiger partial charge in [-0.2, -0.15) is 0 Å². The summed E-state index contributed by atoms with van der Waals surface area (Å²) in [6, 6.07) is 5.91. The predicted molar refractivity (Wildman–Crippen MR) is 54.7 cm³/mol. The number of aldehydes is 1. The Hall–Kier alpha value is -1.31. The molecule has 0 atom stereocenters. The molecule has 0 bridgehead atoms. The first-order valence-electron chi connectivity index (χ1n) is 4.84. The molecular formula is C12H14O2. The molecular weight excluding hydrogens is 176 g/mol. The van der Waals surface area contributed by atoms with Crippen molar-refractivity contribution in [3.8, 4) is 5.75 Å². The number of ether oxygens (including phenoxy) is 1. The summed E-state index contributed by atoms with van der Waals surface area (Å²) in [5.74, 6) is 0.871. The Morgan fingerprint density at radius 2 is 2.14 bits per heavy atom. The summed E-state index contributed by atoms with van der Waals surface area (Å²) in [6.45, 7) is 2.01. The highest BCUT2D eigenvalue weighted by Crippen LogP contribution is 2.48. The molecule has 2 nitrogen and oxygen atoms in total. The number of hydrogen-bond donors (Lipinski definition) is 0. The number of benzene rings is 1. The second kappa shape index (κ2) is 3.12. The van der Waals surface area contributed by atoms with Crippen LogP contribution in [0.2, 0.25) is 0 Å². The molecule has 0 saturated heterocycles. The molecule has 0 aromatic heterocycles. The van der Waals surface area contributed by atoms with Gasteiger partial charge in [-0.15, -0.1) is 0 Å². The lowest BCUT2D eigenvalue weighted by molar-refractivity contribution is -0.109. The Labute approximate surface area is 83.9 Å². The lowest BCUT2D eigenvalue weighted by Gasteiger charge is -2.14. The Balaban J connectivity index is 2.48. The van der Waals surface area contributed by atoms with E-state index in [1.54, 1.807) is 7.11 Å². The Morgan fingerprint density at radius 3 is 2.64 bits per heavy atom. The maximum absolute atomic E-state index is 11.0. The smallest absolute Gasteiger partial charge is 0.130 e. The minimum atomic E-state index is -0.196. The van der Waals surface area contributed by atoms with E-state index in [0.717, 1.165) is 36.0 Å². The number of rotatable bonds is 3. The van der Waals surface area contributed by atoms with Gasteiger partial charge in [0.1, 0.15) is 12.0 Å². The van der Waals surface area contributed by atoms with Gasteiger partial charge in [-0.1, -0.05) is 12.1 Å². The van der Waals surface area contributed by atoms with Gasteiger partial charge in [0.25, 0.3) is 0 Å². The summed E-state index contributed by atoms with van der Waals surface area (Å²) in [5, 5.41) is 0. The number of carbonyl (C=O) groups is 1. The highest BCUT2D eigenvalue weighted by molar-refractivity contribution is 5.74. The summed E-state index contributed by atoms with van der Waals surface area (Å²) in [6.07, 6.45) is 3.03. The molecule has 0 amide bonds. The van der Waals surface area contributed by atoms with Crippen LogP contribution in [0.3, 0.4) is 0 Å². The van der Waals surface area contributed by atoms with Crippen LogP contribution in [0.1, 0.15) is 24.0 Å². The molecule has 2 rings (SSSR count). The van der Waals surface area contributed by atoms with E-state index in [1.165, 1.54) is 0 Å². The van der Waals surface area contributed by atoms with Crippen molar-refractivity contribution in [1.82, 2.24) is 0 Å². The van der Waals surface area contributed by atoms with Crippen LogP contribution < -0.4 is 4.74 Å². The third-order valence-corrected chi connectivity index (χ3v) is 3.05. The zero-order chi connectivity index (χ0) is 10.2. The predicted octanol–water partition coefficient (Wildman–Crippen LogP) is 2.23. The lowest BCUT2D eigenvalue weighted by atomic mass is 9.93. The first-order valence-corrected chi connectivity index (χ1v) is 4.84. The minimum absolute atomic E-state index is 0.196. The van der Waals surface area contributed by atoms with Crippen molar-refractivity contribution in [3.63, 3.8) is 0 Å². The normalized spacial score (nSPS) is 17.6. The van der Waals surface area contributed by atoms with Crippen LogP contribution in [0.5, 0.6) is 5.75 Å². The lowest BCUT2D eigenvalue weighted by Crippen LogP contribution is -2.10. The Kier molecular flexibility index (Phi) is 2.06. The zero-order valence-corrected chi connectivity index (χ0v) is 8.54. The van der Waals surface area contributed by atoms with E-state index < -0.39 is 0 Å². The Morgan fingerprint density at radius 1 is 1.43 bits per heavy atom. The van der Waals surface area contributed by atoms with Crippen molar-refractivity contribution in [2.24, 2.45) is 0 Å². The van der Waals surface area contributed by atoms with Crippen LogP contribution in [0.25, 0.3) is 0 Å². The highest BCUT2D eigenvalue weighted by atomic mass is 16.5. The molecule has 1 aliphatic rings. The standard InChI is InChI=1S/C12H14O2/c1-9-10(12(8-13)6-7-12)4-3-5-11(9)14-2/h3-5,8H,6-7H2,1-2H3. The molecule has 1 saturated carbocycles. The van der Waals surface area contributed by atoms with Crippen LogP contribution in [-0.4, -0.2) is 13.4 Å². The fourth-order valence-electron chi connectivity index (χ4n) is 1.96. The van der Waals surface area contributed by atoms with E-state index >= 15 is 0 Å². The van der Waals surface area contributed by atoms with E-state index in [1.807, 2.05) is 25.1 Å². The van der Waals surface area contributed by atoms with Crippen molar-refractivity contribution >= 4 is 6.29 Å². The largest absolute Gasteiger partial charge is 0.496 e. The first-order chi connectivity index (χ1) is 6.73. The fourth-order valence-corrected chi connectivity index (χ4v) is 1.96. The number of methoxy groups -OCH3 is 1. The molecule has 0 unspecified atom stereocenters. The average Bonchev–Trinajstić information content (AvgIpc) is 2.99. The van der Waals surface area contributed by atoms with Crippen LogP contribution in [-0.2, 0) is 10.2 Å². The highest BCUT2D eigenvalue weighted by Gasteiger charge is 2.45. The van der Waals surface area contributed by atoms with Gasteiger partial charge in [-0.25, -0.2) is 0 Å². The Bertz CT molecular complexity index is 365. The van der Waals surface area contributed by atoms with E-state index in [9.17, 15) is 4.79 Å². The summed E-state index contributed by atoms with van der Waals surface area (Å²) in [7, 11) is 1.66. The van der Waals surface area contributed by atoms with E-state index in [-0.39, 0.29) is 5.41 Å². The molecule has 0 heterocycles. The van der Waals surface area contributed by atoms with Gasteiger partial charge in [-0.3, -0.25) is 0 Å². The zero-order valence-electron chi connectivity index (χ0n) is 8.54. The molecule has 0 radical (unpaired) electrons. The van der Waals surface area contributed by atoms with Gasteiger partial charge in [0.05, 0.1) is 12.5 Å². The van der Waals surface area contributed by atoms with Crippen LogP contribution in [0.4, 0.5) is 0 Å². The fraction of sp³-hybridized carbons (Fsp3) is 0.417. The molecule has 2 heteroatoms. The summed E-state index contributed by atoms with van der Waals surface area (Å²) in [4.78, 5) is 11.0. The second-order valence-electron chi connectivity index (χ2n) is 3.91. The average molecular weight is 190 g/mol. The quantitative estimate of drug-likeness (QED) is 0.683. The molecule has 0 aliphatic heterocycles. The van der Waals surface area contributed by atoms with Crippen LogP contribution in [0.15, 0.2) is 18.2 Å². The van der Waals surface area contributed by atoms with Gasteiger partial charge in [0.15, 0.2) is 0 Å². The second-order valence-corrected chi connectivity index (χ2v) is 3.91. The van der Waals surface area contributed by atoms with Gasteiger partial charge >= 0.3 is 0 Å². The van der Waals surface area contributed by atoms with Crippen LogP contribution >= 0.6 is 0 Å². The van der Waals surface area contributed by atoms with Crippen molar-refractivity contribution in [2.45, 2.75) is 25.2 Å². The van der Waals surface area contributed by atoms with Gasteiger partial charge < -0.3 is 9.53 Å². The molecule has 0 spiro atoms. The maximum Gasteiger partial charge on any atom is 0.130 e. The van der Waals surface area contributed by atoms with Crippen molar-refractivity contribution < 1.29 is 9.53 Å². The molecule has 74 valence electrons. The molecule has 14 heavy (non-hydrogen) atoms. The SMILES string of the molecule is COc1cccc(C2(C=O)CC2)c1C. The first kappa shape index (κ1) is 9.25. The molecule has 1 fully saturated rings. The molecule has 1 aromatic carbocycles. The van der Waals surface area contributed by atoms with Gasteiger partial charge in [0.2, 0.25) is 0 Å². The summed E-state index contributed by atoms with van der Waals surface area (Å²) in [5.41, 5.74) is 2.03. The number of hydrogen-bond acceptors (Lipinski definition) is 2. The monoisotopic (exact) mass is 190 g/mol. The van der Waals surface area contributed by atoms with E-state index in [0.29, 0.717) is 0 Å². The minimum Gasteiger partial charge on any atom is -0.496 e. The van der Waals surface area contributed by atoms with Crippen molar-refractivity contribution in [1.29, 1.82) is 0 Å². The van der Waals surface area contributed by atoms with E-state index in [4.69, 9.17) is 4.74 Å². The number of carbonyl (C=O) groups excluding carboxylic acids is 1. The third kappa shape index (κ3) is 1.22. The summed E-state index contributed by atoms with van der Waals surface area (Å²) < 4.78 is 5.24. The van der Waals surface area contributed by atoms with Gasteiger partial charge in [-0.05, 0) is 37.0 Å². The van der Waals surface area contributed by atoms with Crippen molar-refractivity contribution in [2.75, 3.05) is 7.11 Å². The molecule has 1 aromatic rings. The van der Waals surface area contributed by atoms with Gasteiger partial charge in [0, 0.05) is 0 Å². The summed E-state index contributed by atoms with van der Waals surface area (Å²) >= 11 is 0. The molecule has 1 aliphatic carbocycles. The topological polar surface area (TPSA) is 26.3 Å². The third-order valence-electron chi connectivity index (χ3n) is 3.05. The van der Waals surface area contributed by atoms with Crippen molar-refractivity contribution in [3.05, 3.63) is 29.3 Å². The molecule has 0 N–H and O–H groups in total.